The highest BCUT2D eigenvalue weighted by Crippen LogP contribution is 2.41. The molecule has 0 fully saturated rings. The van der Waals surface area contributed by atoms with E-state index in [0.29, 0.717) is 5.75 Å². The number of fused-ring (bicyclic) bond motifs is 4. The minimum absolute atomic E-state index is 0.369. The van der Waals surface area contributed by atoms with Crippen LogP contribution in [0.1, 0.15) is 16.7 Å². The van der Waals surface area contributed by atoms with Gasteiger partial charge in [0.05, 0.1) is 17.6 Å². The van der Waals surface area contributed by atoms with Crippen LogP contribution in [0.25, 0.3) is 33.2 Å². The number of phenolic OH excluding ortho intramolecular Hbond substituents is 1. The van der Waals surface area contributed by atoms with Gasteiger partial charge >= 0.3 is 0 Å². The van der Waals surface area contributed by atoms with Gasteiger partial charge in [0.1, 0.15) is 11.6 Å². The molecule has 3 nitrogen and oxygen atoms in total. The minimum Gasteiger partial charge on any atom is -0.508 e. The van der Waals surface area contributed by atoms with Gasteiger partial charge in [-0.05, 0) is 59.5 Å². The first-order chi connectivity index (χ1) is 11.1. The molecule has 0 aliphatic carbocycles. The largest absolute Gasteiger partial charge is 0.508 e. The molecule has 0 saturated carbocycles. The summed E-state index contributed by atoms with van der Waals surface area (Å²) in [6, 6.07) is 14.6. The van der Waals surface area contributed by atoms with Gasteiger partial charge in [-0.15, -0.1) is 0 Å². The molecule has 3 heteroatoms. The maximum absolute atomic E-state index is 10.3. The third-order valence-electron chi connectivity index (χ3n) is 4.96. The maximum atomic E-state index is 10.3. The third kappa shape index (κ3) is 1.57. The number of imidazole rings is 1. The zero-order chi connectivity index (χ0) is 15.7. The molecule has 1 aromatic heterocycles. The summed E-state index contributed by atoms with van der Waals surface area (Å²) in [5.74, 6) is 1.39. The summed E-state index contributed by atoms with van der Waals surface area (Å²) in [6.45, 7) is 4.81. The van der Waals surface area contributed by atoms with Gasteiger partial charge in [-0.3, -0.25) is 0 Å². The second kappa shape index (κ2) is 4.13. The first-order valence-corrected chi connectivity index (χ1v) is 7.85. The number of hydrogen-bond acceptors (Lipinski definition) is 2. The lowest BCUT2D eigenvalue weighted by Gasteiger charge is -2.21. The number of benzene rings is 3. The molecule has 0 bridgehead atoms. The summed E-state index contributed by atoms with van der Waals surface area (Å²) in [4.78, 5) is 4.89. The Bertz CT molecular complexity index is 1120. The molecule has 0 spiro atoms. The molecule has 0 unspecified atom stereocenters. The van der Waals surface area contributed by atoms with Crippen molar-refractivity contribution in [2.75, 3.05) is 0 Å². The molecule has 0 amide bonds. The molecule has 0 atom stereocenters. The van der Waals surface area contributed by atoms with Crippen LogP contribution in [0.2, 0.25) is 0 Å². The van der Waals surface area contributed by atoms with Crippen molar-refractivity contribution in [2.45, 2.75) is 20.4 Å². The average molecular weight is 300 g/mol. The molecule has 1 aliphatic heterocycles. The highest BCUT2D eigenvalue weighted by molar-refractivity contribution is 6.03. The second-order valence-corrected chi connectivity index (χ2v) is 6.42. The van der Waals surface area contributed by atoms with Crippen molar-refractivity contribution < 1.29 is 5.11 Å². The molecule has 23 heavy (non-hydrogen) atoms. The summed E-state index contributed by atoms with van der Waals surface area (Å²) in [5.41, 5.74) is 6.65. The first-order valence-electron chi connectivity index (χ1n) is 7.85. The molecular formula is C20H16N2O. The normalized spacial score (nSPS) is 12.8. The number of hydrogen-bond donors (Lipinski definition) is 1. The van der Waals surface area contributed by atoms with Gasteiger partial charge in [0.25, 0.3) is 0 Å². The van der Waals surface area contributed by atoms with Gasteiger partial charge < -0.3 is 9.67 Å². The Labute approximate surface area is 133 Å². The molecule has 4 aromatic rings. The van der Waals surface area contributed by atoms with Gasteiger partial charge in [-0.1, -0.05) is 24.3 Å². The van der Waals surface area contributed by atoms with E-state index in [1.807, 2.05) is 19.1 Å². The summed E-state index contributed by atoms with van der Waals surface area (Å²) in [7, 11) is 0. The Morgan fingerprint density at radius 1 is 1.09 bits per heavy atom. The van der Waals surface area contributed by atoms with Crippen molar-refractivity contribution in [2.24, 2.45) is 0 Å². The van der Waals surface area contributed by atoms with E-state index in [0.717, 1.165) is 45.5 Å². The second-order valence-electron chi connectivity index (χ2n) is 6.42. The number of phenols is 1. The van der Waals surface area contributed by atoms with E-state index in [4.69, 9.17) is 4.98 Å². The zero-order valence-electron chi connectivity index (χ0n) is 13.1. The molecule has 5 rings (SSSR count). The van der Waals surface area contributed by atoms with Gasteiger partial charge in [0, 0.05) is 5.56 Å². The van der Waals surface area contributed by atoms with Crippen LogP contribution < -0.4 is 0 Å². The van der Waals surface area contributed by atoms with Gasteiger partial charge in [-0.2, -0.15) is 0 Å². The van der Waals surface area contributed by atoms with Crippen molar-refractivity contribution in [1.82, 2.24) is 9.55 Å². The van der Waals surface area contributed by atoms with Gasteiger partial charge in [-0.25, -0.2) is 4.98 Å². The number of aryl methyl sites for hydroxylation is 2. The summed E-state index contributed by atoms with van der Waals surface area (Å²) in [6.07, 6.45) is 0. The van der Waals surface area contributed by atoms with Crippen LogP contribution in [-0.4, -0.2) is 14.7 Å². The summed E-state index contributed by atoms with van der Waals surface area (Å²) >= 11 is 0. The van der Waals surface area contributed by atoms with Crippen LogP contribution >= 0.6 is 0 Å². The number of aromatic hydroxyl groups is 1. The van der Waals surface area contributed by atoms with Gasteiger partial charge in [0.15, 0.2) is 0 Å². The zero-order valence-corrected chi connectivity index (χ0v) is 13.1. The lowest BCUT2D eigenvalue weighted by molar-refractivity contribution is 0.471. The topological polar surface area (TPSA) is 38.0 Å². The van der Waals surface area contributed by atoms with Crippen LogP contribution in [0.3, 0.4) is 0 Å². The molecule has 0 saturated heterocycles. The highest BCUT2D eigenvalue weighted by atomic mass is 16.3. The molecule has 112 valence electrons. The highest BCUT2D eigenvalue weighted by Gasteiger charge is 2.23. The Morgan fingerprint density at radius 2 is 1.96 bits per heavy atom. The van der Waals surface area contributed by atoms with Crippen LogP contribution in [-0.2, 0) is 6.54 Å². The number of aromatic nitrogens is 2. The van der Waals surface area contributed by atoms with Gasteiger partial charge in [0.2, 0.25) is 0 Å². The lowest BCUT2D eigenvalue weighted by atomic mass is 9.92. The van der Waals surface area contributed by atoms with E-state index in [-0.39, 0.29) is 0 Å². The smallest absolute Gasteiger partial charge is 0.142 e. The van der Waals surface area contributed by atoms with E-state index < -0.39 is 0 Å². The van der Waals surface area contributed by atoms with E-state index in [1.54, 1.807) is 0 Å². The maximum Gasteiger partial charge on any atom is 0.142 e. The summed E-state index contributed by atoms with van der Waals surface area (Å²) in [5, 5.41) is 12.6. The predicted molar refractivity (Wildman–Crippen MR) is 92.9 cm³/mol. The molecule has 3 aromatic carbocycles. The average Bonchev–Trinajstić information content (AvgIpc) is 2.90. The van der Waals surface area contributed by atoms with Crippen molar-refractivity contribution in [1.29, 1.82) is 0 Å². The molecule has 2 heterocycles. The fraction of sp³-hybridized carbons (Fsp3) is 0.150. The van der Waals surface area contributed by atoms with E-state index in [1.165, 1.54) is 10.9 Å². The lowest BCUT2D eigenvalue weighted by Crippen LogP contribution is -2.09. The Kier molecular flexibility index (Phi) is 2.28. The Morgan fingerprint density at radius 3 is 2.83 bits per heavy atom. The Hall–Kier alpha value is -2.81. The monoisotopic (exact) mass is 300 g/mol. The molecule has 1 aliphatic rings. The van der Waals surface area contributed by atoms with Crippen LogP contribution in [0.15, 0.2) is 42.5 Å². The van der Waals surface area contributed by atoms with Crippen molar-refractivity contribution in [3.63, 3.8) is 0 Å². The fourth-order valence-corrected chi connectivity index (χ4v) is 3.78. The van der Waals surface area contributed by atoms with Crippen LogP contribution in [0.5, 0.6) is 5.75 Å². The van der Waals surface area contributed by atoms with Crippen molar-refractivity contribution >= 4 is 21.8 Å². The minimum atomic E-state index is 0.369. The van der Waals surface area contributed by atoms with E-state index in [9.17, 15) is 5.11 Å². The van der Waals surface area contributed by atoms with Crippen molar-refractivity contribution in [3.8, 4) is 17.1 Å². The molecular weight excluding hydrogens is 284 g/mol. The third-order valence-corrected chi connectivity index (χ3v) is 4.96. The van der Waals surface area contributed by atoms with Crippen molar-refractivity contribution in [3.05, 3.63) is 59.2 Å². The quantitative estimate of drug-likeness (QED) is 0.456. The number of nitrogens with zero attached hydrogens (tertiary/aromatic N) is 2. The van der Waals surface area contributed by atoms with E-state index >= 15 is 0 Å². The fourth-order valence-electron chi connectivity index (χ4n) is 3.78. The SMILES string of the molecule is Cc1ccc2c(c1)nc1n2Cc2cc(O)c(C)c3cccc-1c23. The first kappa shape index (κ1) is 12.7. The van der Waals surface area contributed by atoms with Crippen LogP contribution in [0, 0.1) is 13.8 Å². The molecule has 0 radical (unpaired) electrons. The standard InChI is InChI=1S/C20H16N2O/c1-11-6-7-17-16(8-11)21-20-15-5-3-4-14-12(2)18(23)9-13(19(14)15)10-22(17)20/h3-9,23H,10H2,1-2H3. The number of rotatable bonds is 0. The predicted octanol–water partition coefficient (Wildman–Crippen LogP) is 4.54. The summed E-state index contributed by atoms with van der Waals surface area (Å²) < 4.78 is 2.25. The van der Waals surface area contributed by atoms with E-state index in [2.05, 4.69) is 41.8 Å². The molecule has 1 N–H and O–H groups in total. The van der Waals surface area contributed by atoms with Crippen LogP contribution in [0.4, 0.5) is 0 Å². The Balaban J connectivity index is 1.95.